The van der Waals surface area contributed by atoms with Crippen LogP contribution in [0, 0.1) is 5.92 Å². The summed E-state index contributed by atoms with van der Waals surface area (Å²) in [6.07, 6.45) is -0.410. The number of aromatic nitrogens is 1. The van der Waals surface area contributed by atoms with Crippen LogP contribution in [0.25, 0.3) is 0 Å². The van der Waals surface area contributed by atoms with Crippen LogP contribution >= 0.6 is 0 Å². The van der Waals surface area contributed by atoms with E-state index in [0.717, 1.165) is 31.5 Å². The van der Waals surface area contributed by atoms with Crippen LogP contribution in [0.4, 0.5) is 24.5 Å². The molecule has 1 aromatic rings. The summed E-state index contributed by atoms with van der Waals surface area (Å²) >= 11 is 0. The SMILES string of the molecule is Nc1cnc(C(F)(F)F)cc1NCC1CCCC(O)C1. The minimum absolute atomic E-state index is 0.189. The first-order valence-electron chi connectivity index (χ1n) is 6.61. The summed E-state index contributed by atoms with van der Waals surface area (Å²) in [7, 11) is 0. The maximum absolute atomic E-state index is 12.6. The molecular formula is C13H18F3N3O. The second-order valence-electron chi connectivity index (χ2n) is 5.22. The van der Waals surface area contributed by atoms with E-state index in [2.05, 4.69) is 10.3 Å². The number of aliphatic hydroxyl groups is 1. The number of nitrogens with zero attached hydrogens (tertiary/aromatic N) is 1. The zero-order valence-corrected chi connectivity index (χ0v) is 11.0. The standard InChI is InChI=1S/C13H18F3N3O/c14-13(15,16)12-5-11(10(17)7-19-12)18-6-8-2-1-3-9(20)4-8/h5,7-9,20H,1-4,6,17H2,(H,18,19). The number of nitrogen functional groups attached to an aromatic ring is 1. The maximum atomic E-state index is 12.6. The van der Waals surface area contributed by atoms with Gasteiger partial charge in [-0.1, -0.05) is 6.42 Å². The molecule has 20 heavy (non-hydrogen) atoms. The molecule has 0 amide bonds. The number of aliphatic hydroxyl groups excluding tert-OH is 1. The highest BCUT2D eigenvalue weighted by molar-refractivity contribution is 5.65. The first kappa shape index (κ1) is 14.9. The molecule has 1 aliphatic rings. The summed E-state index contributed by atoms with van der Waals surface area (Å²) in [6.45, 7) is 0.503. The molecule has 4 N–H and O–H groups in total. The minimum Gasteiger partial charge on any atom is -0.396 e. The molecule has 1 aromatic heterocycles. The fraction of sp³-hybridized carbons (Fsp3) is 0.615. The fourth-order valence-electron chi connectivity index (χ4n) is 2.48. The van der Waals surface area contributed by atoms with Crippen LogP contribution in [0.15, 0.2) is 12.3 Å². The Morgan fingerprint density at radius 3 is 2.80 bits per heavy atom. The second-order valence-corrected chi connectivity index (χ2v) is 5.22. The maximum Gasteiger partial charge on any atom is 0.433 e. The lowest BCUT2D eigenvalue weighted by Crippen LogP contribution is -2.25. The van der Waals surface area contributed by atoms with Crippen molar-refractivity contribution in [2.24, 2.45) is 5.92 Å². The minimum atomic E-state index is -4.48. The Hall–Kier alpha value is -1.50. The molecular weight excluding hydrogens is 271 g/mol. The summed E-state index contributed by atoms with van der Waals surface area (Å²) in [5.41, 5.74) is 5.11. The van der Waals surface area contributed by atoms with E-state index in [-0.39, 0.29) is 23.4 Å². The molecule has 7 heteroatoms. The average molecular weight is 289 g/mol. The zero-order valence-electron chi connectivity index (χ0n) is 11.0. The van der Waals surface area contributed by atoms with Gasteiger partial charge in [-0.05, 0) is 31.2 Å². The van der Waals surface area contributed by atoms with Gasteiger partial charge in [-0.25, -0.2) is 4.98 Å². The number of nitrogens with one attached hydrogen (secondary N) is 1. The van der Waals surface area contributed by atoms with Crippen LogP contribution in [-0.4, -0.2) is 22.7 Å². The average Bonchev–Trinajstić information content (AvgIpc) is 2.36. The van der Waals surface area contributed by atoms with Gasteiger partial charge in [-0.3, -0.25) is 0 Å². The van der Waals surface area contributed by atoms with Crippen LogP contribution in [0.3, 0.4) is 0 Å². The molecule has 4 nitrogen and oxygen atoms in total. The van der Waals surface area contributed by atoms with Crippen LogP contribution in [-0.2, 0) is 6.18 Å². The van der Waals surface area contributed by atoms with Crippen LogP contribution in [0.2, 0.25) is 0 Å². The van der Waals surface area contributed by atoms with Gasteiger partial charge in [0, 0.05) is 6.54 Å². The van der Waals surface area contributed by atoms with Gasteiger partial charge < -0.3 is 16.2 Å². The molecule has 0 radical (unpaired) electrons. The highest BCUT2D eigenvalue weighted by Gasteiger charge is 2.33. The summed E-state index contributed by atoms with van der Waals surface area (Å²) in [5, 5.41) is 12.5. The molecule has 0 saturated heterocycles. The predicted molar refractivity (Wildman–Crippen MR) is 70.1 cm³/mol. The van der Waals surface area contributed by atoms with E-state index in [4.69, 9.17) is 5.73 Å². The molecule has 0 spiro atoms. The van der Waals surface area contributed by atoms with Crippen LogP contribution < -0.4 is 11.1 Å². The van der Waals surface area contributed by atoms with Crippen molar-refractivity contribution in [3.05, 3.63) is 18.0 Å². The molecule has 0 aromatic carbocycles. The van der Waals surface area contributed by atoms with Crippen molar-refractivity contribution in [3.63, 3.8) is 0 Å². The van der Waals surface area contributed by atoms with E-state index in [9.17, 15) is 18.3 Å². The first-order chi connectivity index (χ1) is 9.36. The molecule has 1 aliphatic carbocycles. The Balaban J connectivity index is 2.01. The number of hydrogen-bond acceptors (Lipinski definition) is 4. The molecule has 0 aliphatic heterocycles. The van der Waals surface area contributed by atoms with Crippen LogP contribution in [0.5, 0.6) is 0 Å². The number of nitrogens with two attached hydrogens (primary N) is 1. The third kappa shape index (κ3) is 3.75. The van der Waals surface area contributed by atoms with E-state index in [1.807, 2.05) is 0 Å². The predicted octanol–water partition coefficient (Wildman–Crippen LogP) is 2.65. The summed E-state index contributed by atoms with van der Waals surface area (Å²) < 4.78 is 37.7. The van der Waals surface area contributed by atoms with Gasteiger partial charge in [0.15, 0.2) is 0 Å². The molecule has 1 fully saturated rings. The molecule has 112 valence electrons. The topological polar surface area (TPSA) is 71.2 Å². The van der Waals surface area contributed by atoms with Crippen molar-refractivity contribution >= 4 is 11.4 Å². The van der Waals surface area contributed by atoms with E-state index >= 15 is 0 Å². The second kappa shape index (κ2) is 5.87. The molecule has 0 bridgehead atoms. The largest absolute Gasteiger partial charge is 0.433 e. The third-order valence-corrected chi connectivity index (χ3v) is 3.56. The first-order valence-corrected chi connectivity index (χ1v) is 6.61. The van der Waals surface area contributed by atoms with Gasteiger partial charge >= 0.3 is 6.18 Å². The lowest BCUT2D eigenvalue weighted by atomic mass is 9.87. The highest BCUT2D eigenvalue weighted by atomic mass is 19.4. The lowest BCUT2D eigenvalue weighted by Gasteiger charge is -2.26. The monoisotopic (exact) mass is 289 g/mol. The van der Waals surface area contributed by atoms with Crippen molar-refractivity contribution in [3.8, 4) is 0 Å². The number of alkyl halides is 3. The highest BCUT2D eigenvalue weighted by Crippen LogP contribution is 2.31. The van der Waals surface area contributed by atoms with E-state index < -0.39 is 11.9 Å². The van der Waals surface area contributed by atoms with Crippen molar-refractivity contribution in [2.45, 2.75) is 38.0 Å². The molecule has 2 atom stereocenters. The molecule has 1 heterocycles. The van der Waals surface area contributed by atoms with E-state index in [0.29, 0.717) is 13.0 Å². The molecule has 2 rings (SSSR count). The molecule has 2 unspecified atom stereocenters. The van der Waals surface area contributed by atoms with Crippen molar-refractivity contribution in [1.29, 1.82) is 0 Å². The third-order valence-electron chi connectivity index (χ3n) is 3.56. The summed E-state index contributed by atoms with van der Waals surface area (Å²) in [4.78, 5) is 3.29. The van der Waals surface area contributed by atoms with Crippen molar-refractivity contribution in [1.82, 2.24) is 4.98 Å². The van der Waals surface area contributed by atoms with Crippen molar-refractivity contribution in [2.75, 3.05) is 17.6 Å². The van der Waals surface area contributed by atoms with Gasteiger partial charge in [0.1, 0.15) is 5.69 Å². The summed E-state index contributed by atoms with van der Waals surface area (Å²) in [5.74, 6) is 0.251. The Morgan fingerprint density at radius 2 is 2.15 bits per heavy atom. The fourth-order valence-corrected chi connectivity index (χ4v) is 2.48. The smallest absolute Gasteiger partial charge is 0.396 e. The Morgan fingerprint density at radius 1 is 1.40 bits per heavy atom. The van der Waals surface area contributed by atoms with Gasteiger partial charge in [-0.15, -0.1) is 0 Å². The van der Waals surface area contributed by atoms with Gasteiger partial charge in [0.25, 0.3) is 0 Å². The quantitative estimate of drug-likeness (QED) is 0.800. The number of hydrogen-bond donors (Lipinski definition) is 3. The van der Waals surface area contributed by atoms with E-state index in [1.54, 1.807) is 0 Å². The van der Waals surface area contributed by atoms with Gasteiger partial charge in [0.05, 0.1) is 23.7 Å². The normalized spacial score (nSPS) is 23.6. The lowest BCUT2D eigenvalue weighted by molar-refractivity contribution is -0.141. The van der Waals surface area contributed by atoms with Crippen LogP contribution in [0.1, 0.15) is 31.4 Å². The van der Waals surface area contributed by atoms with Gasteiger partial charge in [0.2, 0.25) is 0 Å². The zero-order chi connectivity index (χ0) is 14.8. The number of rotatable bonds is 3. The Bertz CT molecular complexity index is 465. The molecule has 1 saturated carbocycles. The number of halogens is 3. The number of pyridine rings is 1. The number of anilines is 2. The van der Waals surface area contributed by atoms with E-state index in [1.165, 1.54) is 0 Å². The van der Waals surface area contributed by atoms with Gasteiger partial charge in [-0.2, -0.15) is 13.2 Å². The Labute approximate surface area is 115 Å². The Kier molecular flexibility index (Phi) is 4.37. The van der Waals surface area contributed by atoms with Crippen molar-refractivity contribution < 1.29 is 18.3 Å². The summed E-state index contributed by atoms with van der Waals surface area (Å²) in [6, 6.07) is 0.925.